The number of rotatable bonds is 4. The number of hydrogen-bond donors (Lipinski definition) is 1. The van der Waals surface area contributed by atoms with E-state index >= 15 is 0 Å². The molecule has 0 aliphatic rings. The molecule has 0 saturated carbocycles. The Bertz CT molecular complexity index is 1210. The van der Waals surface area contributed by atoms with Gasteiger partial charge in [-0.15, -0.1) is 0 Å². The first-order chi connectivity index (χ1) is 13.4. The Balaban J connectivity index is 1.73. The number of aromatic nitrogens is 5. The molecule has 0 radical (unpaired) electrons. The van der Waals surface area contributed by atoms with Crippen LogP contribution in [0.3, 0.4) is 0 Å². The predicted octanol–water partition coefficient (Wildman–Crippen LogP) is 4.35. The van der Waals surface area contributed by atoms with Gasteiger partial charge in [0.05, 0.1) is 5.69 Å². The minimum absolute atomic E-state index is 0.148. The lowest BCUT2D eigenvalue weighted by Gasteiger charge is -2.04. The van der Waals surface area contributed by atoms with Crippen molar-refractivity contribution in [2.45, 2.75) is 31.7 Å². The van der Waals surface area contributed by atoms with Crippen molar-refractivity contribution in [1.29, 1.82) is 0 Å². The Morgan fingerprint density at radius 1 is 1.04 bits per heavy atom. The molecule has 28 heavy (non-hydrogen) atoms. The number of H-pyrrole nitrogens is 1. The van der Waals surface area contributed by atoms with Crippen LogP contribution in [0.15, 0.2) is 46.3 Å². The maximum atomic E-state index is 12.6. The Kier molecular flexibility index (Phi) is 4.95. The molecule has 0 atom stereocenters. The second-order valence-electron chi connectivity index (χ2n) is 6.59. The molecule has 0 fully saturated rings. The number of aryl methyl sites for hydroxylation is 3. The van der Waals surface area contributed by atoms with E-state index in [9.17, 15) is 4.79 Å². The van der Waals surface area contributed by atoms with E-state index < -0.39 is 0 Å². The van der Waals surface area contributed by atoms with Crippen molar-refractivity contribution >= 4 is 29.0 Å². The predicted molar refractivity (Wildman–Crippen MR) is 112 cm³/mol. The Hall–Kier alpha value is -2.64. The Labute approximate surface area is 171 Å². The molecule has 0 saturated heterocycles. The van der Waals surface area contributed by atoms with Crippen LogP contribution < -0.4 is 5.56 Å². The fourth-order valence-corrected chi connectivity index (χ4v) is 4.10. The Morgan fingerprint density at radius 2 is 1.71 bits per heavy atom. The van der Waals surface area contributed by atoms with Crippen LogP contribution in [0.1, 0.15) is 22.8 Å². The van der Waals surface area contributed by atoms with Crippen molar-refractivity contribution in [3.05, 3.63) is 74.6 Å². The van der Waals surface area contributed by atoms with Gasteiger partial charge in [-0.2, -0.15) is 0 Å². The second kappa shape index (κ2) is 7.41. The van der Waals surface area contributed by atoms with Gasteiger partial charge < -0.3 is 0 Å². The van der Waals surface area contributed by atoms with E-state index in [1.54, 1.807) is 6.07 Å². The molecule has 4 rings (SSSR count). The molecular weight excluding hydrogens is 394 g/mol. The molecular formula is C20H18ClN5OS. The minimum atomic E-state index is -0.148. The maximum absolute atomic E-state index is 12.6. The first-order valence-corrected chi connectivity index (χ1v) is 10.1. The van der Waals surface area contributed by atoms with Crippen LogP contribution in [0.5, 0.6) is 0 Å². The van der Waals surface area contributed by atoms with Gasteiger partial charge in [0.15, 0.2) is 10.8 Å². The van der Waals surface area contributed by atoms with Crippen LogP contribution in [-0.2, 0) is 5.75 Å². The van der Waals surface area contributed by atoms with Crippen LogP contribution >= 0.6 is 23.4 Å². The fourth-order valence-electron chi connectivity index (χ4n) is 3.13. The summed E-state index contributed by atoms with van der Waals surface area (Å²) in [5.41, 5.74) is 5.70. The van der Waals surface area contributed by atoms with Gasteiger partial charge in [0.1, 0.15) is 0 Å². The highest BCUT2D eigenvalue weighted by Gasteiger charge is 2.15. The van der Waals surface area contributed by atoms with Crippen LogP contribution in [0.2, 0.25) is 5.02 Å². The molecule has 3 heterocycles. The summed E-state index contributed by atoms with van der Waals surface area (Å²) in [6.45, 7) is 5.81. The smallest absolute Gasteiger partial charge is 0.272 e. The quantitative estimate of drug-likeness (QED) is 0.399. The molecule has 3 aromatic heterocycles. The third-order valence-electron chi connectivity index (χ3n) is 4.29. The monoisotopic (exact) mass is 411 g/mol. The summed E-state index contributed by atoms with van der Waals surface area (Å²) in [7, 11) is 0. The number of hydrogen-bond acceptors (Lipinski definition) is 5. The molecule has 8 heteroatoms. The lowest BCUT2D eigenvalue weighted by molar-refractivity contribution is 0.870. The minimum Gasteiger partial charge on any atom is -0.293 e. The third kappa shape index (κ3) is 3.68. The molecule has 0 aliphatic carbocycles. The van der Waals surface area contributed by atoms with Crippen molar-refractivity contribution < 1.29 is 0 Å². The number of fused-ring (bicyclic) bond motifs is 1. The SMILES string of the molecule is Cc1cc(C)nc(SCc2cc(=O)n3[nH]c(C)c(-c4ccc(Cl)cc4)c3n2)n1. The first-order valence-electron chi connectivity index (χ1n) is 8.73. The zero-order valence-corrected chi connectivity index (χ0v) is 17.2. The average molecular weight is 412 g/mol. The Morgan fingerprint density at radius 3 is 2.39 bits per heavy atom. The van der Waals surface area contributed by atoms with Gasteiger partial charge in [0.2, 0.25) is 0 Å². The molecule has 1 aromatic carbocycles. The molecule has 0 bridgehead atoms. The van der Waals surface area contributed by atoms with Crippen molar-refractivity contribution in [1.82, 2.24) is 24.6 Å². The summed E-state index contributed by atoms with van der Waals surface area (Å²) >= 11 is 7.48. The van der Waals surface area contributed by atoms with Crippen LogP contribution in [0.4, 0.5) is 0 Å². The molecule has 6 nitrogen and oxygen atoms in total. The van der Waals surface area contributed by atoms with Gasteiger partial charge in [-0.25, -0.2) is 19.5 Å². The summed E-state index contributed by atoms with van der Waals surface area (Å²) in [4.78, 5) is 26.2. The van der Waals surface area contributed by atoms with Gasteiger partial charge in [-0.05, 0) is 44.5 Å². The summed E-state index contributed by atoms with van der Waals surface area (Å²) in [5.74, 6) is 0.513. The number of halogens is 1. The van der Waals surface area contributed by atoms with E-state index in [-0.39, 0.29) is 5.56 Å². The van der Waals surface area contributed by atoms with E-state index in [0.29, 0.717) is 27.3 Å². The normalized spacial score (nSPS) is 11.3. The molecule has 4 aromatic rings. The van der Waals surface area contributed by atoms with Crippen LogP contribution in [-0.4, -0.2) is 24.6 Å². The topological polar surface area (TPSA) is 75.9 Å². The fraction of sp³-hybridized carbons (Fsp3) is 0.200. The highest BCUT2D eigenvalue weighted by molar-refractivity contribution is 7.98. The van der Waals surface area contributed by atoms with Crippen molar-refractivity contribution in [2.24, 2.45) is 0 Å². The number of aromatic amines is 1. The van der Waals surface area contributed by atoms with Gasteiger partial charge in [-0.1, -0.05) is 35.5 Å². The van der Waals surface area contributed by atoms with Crippen molar-refractivity contribution in [3.63, 3.8) is 0 Å². The third-order valence-corrected chi connectivity index (χ3v) is 5.43. The zero-order valence-electron chi connectivity index (χ0n) is 15.7. The van der Waals surface area contributed by atoms with E-state index in [1.165, 1.54) is 16.3 Å². The van der Waals surface area contributed by atoms with E-state index in [1.807, 2.05) is 51.1 Å². The van der Waals surface area contributed by atoms with Gasteiger partial charge in [-0.3, -0.25) is 9.89 Å². The summed E-state index contributed by atoms with van der Waals surface area (Å²) < 4.78 is 1.47. The van der Waals surface area contributed by atoms with Gasteiger partial charge in [0, 0.05) is 39.5 Å². The highest BCUT2D eigenvalue weighted by Crippen LogP contribution is 2.28. The molecule has 142 valence electrons. The van der Waals surface area contributed by atoms with Crippen molar-refractivity contribution in [3.8, 4) is 11.1 Å². The standard InChI is InChI=1S/C20H18ClN5OS/c1-11-8-12(2)23-20(22-11)28-10-16-9-17(27)26-19(24-16)18(13(3)25-26)14-4-6-15(21)7-5-14/h4-9,25H,10H2,1-3H3. The van der Waals surface area contributed by atoms with Crippen LogP contribution in [0.25, 0.3) is 16.8 Å². The van der Waals surface area contributed by atoms with Crippen LogP contribution in [0, 0.1) is 20.8 Å². The number of thioether (sulfide) groups is 1. The van der Waals surface area contributed by atoms with E-state index in [2.05, 4.69) is 15.1 Å². The van der Waals surface area contributed by atoms with Gasteiger partial charge >= 0.3 is 0 Å². The van der Waals surface area contributed by atoms with E-state index in [0.717, 1.165) is 28.2 Å². The summed E-state index contributed by atoms with van der Waals surface area (Å²) in [5, 5.41) is 4.45. The van der Waals surface area contributed by atoms with Gasteiger partial charge in [0.25, 0.3) is 5.56 Å². The molecule has 0 amide bonds. The van der Waals surface area contributed by atoms with Crippen molar-refractivity contribution in [2.75, 3.05) is 0 Å². The van der Waals surface area contributed by atoms with E-state index in [4.69, 9.17) is 16.6 Å². The largest absolute Gasteiger partial charge is 0.293 e. The molecule has 0 spiro atoms. The highest BCUT2D eigenvalue weighted by atomic mass is 35.5. The number of nitrogens with zero attached hydrogens (tertiary/aromatic N) is 4. The summed E-state index contributed by atoms with van der Waals surface area (Å²) in [6.07, 6.45) is 0. The molecule has 1 N–H and O–H groups in total. The number of benzene rings is 1. The number of nitrogens with one attached hydrogen (secondary N) is 1. The lowest BCUT2D eigenvalue weighted by atomic mass is 10.1. The molecule has 0 aliphatic heterocycles. The molecule has 0 unspecified atom stereocenters. The lowest BCUT2D eigenvalue weighted by Crippen LogP contribution is -2.15. The first kappa shape index (κ1) is 18.7. The maximum Gasteiger partial charge on any atom is 0.272 e. The zero-order chi connectivity index (χ0) is 19.8. The summed E-state index contributed by atoms with van der Waals surface area (Å²) in [6, 6.07) is 11.0. The second-order valence-corrected chi connectivity index (χ2v) is 7.96. The average Bonchev–Trinajstić information content (AvgIpc) is 2.97.